The molecule has 102 valence electrons. The van der Waals surface area contributed by atoms with Crippen molar-refractivity contribution < 1.29 is 9.59 Å². The number of rotatable bonds is 4. The van der Waals surface area contributed by atoms with Gasteiger partial charge in [-0.2, -0.15) is 0 Å². The molecular weight excluding hydrogens is 240 g/mol. The van der Waals surface area contributed by atoms with Crippen molar-refractivity contribution in [3.63, 3.8) is 0 Å². The SMILES string of the molecule is CCCN1C(=O)CC(Nc2cc(C)cc(C)c2)C1=O. The summed E-state index contributed by atoms with van der Waals surface area (Å²) in [5.74, 6) is -0.181. The molecule has 4 heteroatoms. The lowest BCUT2D eigenvalue weighted by atomic mass is 10.1. The molecule has 19 heavy (non-hydrogen) atoms. The first kappa shape index (κ1) is 13.6. The van der Waals surface area contributed by atoms with Crippen molar-refractivity contribution in [1.29, 1.82) is 0 Å². The number of nitrogens with zero attached hydrogens (tertiary/aromatic N) is 1. The molecule has 0 bridgehead atoms. The molecule has 1 aliphatic heterocycles. The molecule has 1 fully saturated rings. The summed E-state index contributed by atoms with van der Waals surface area (Å²) in [6.45, 7) is 6.51. The van der Waals surface area contributed by atoms with Crippen LogP contribution >= 0.6 is 0 Å². The standard InChI is InChI=1S/C15H20N2O2/c1-4-5-17-14(18)9-13(15(17)19)16-12-7-10(2)6-11(3)8-12/h6-8,13,16H,4-5,9H2,1-3H3. The highest BCUT2D eigenvalue weighted by Crippen LogP contribution is 2.20. The molecule has 0 aromatic heterocycles. The van der Waals surface area contributed by atoms with E-state index in [-0.39, 0.29) is 18.2 Å². The van der Waals surface area contributed by atoms with Crippen LogP contribution in [0.4, 0.5) is 5.69 Å². The number of hydrogen-bond acceptors (Lipinski definition) is 3. The van der Waals surface area contributed by atoms with Gasteiger partial charge in [-0.05, 0) is 43.5 Å². The molecule has 1 heterocycles. The van der Waals surface area contributed by atoms with Gasteiger partial charge in [0, 0.05) is 12.2 Å². The summed E-state index contributed by atoms with van der Waals surface area (Å²) in [6.07, 6.45) is 1.06. The number of carbonyl (C=O) groups is 2. The molecule has 1 aromatic carbocycles. The zero-order valence-electron chi connectivity index (χ0n) is 11.7. The third-order valence-electron chi connectivity index (χ3n) is 3.25. The number of amides is 2. The molecule has 1 N–H and O–H groups in total. The molecule has 1 aromatic rings. The van der Waals surface area contributed by atoms with Crippen molar-refractivity contribution in [3.8, 4) is 0 Å². The Morgan fingerprint density at radius 3 is 2.42 bits per heavy atom. The van der Waals surface area contributed by atoms with Gasteiger partial charge >= 0.3 is 0 Å². The highest BCUT2D eigenvalue weighted by atomic mass is 16.2. The Morgan fingerprint density at radius 1 is 1.21 bits per heavy atom. The van der Waals surface area contributed by atoms with Crippen molar-refractivity contribution in [1.82, 2.24) is 4.90 Å². The van der Waals surface area contributed by atoms with Crippen molar-refractivity contribution in [2.24, 2.45) is 0 Å². The van der Waals surface area contributed by atoms with E-state index in [0.717, 1.165) is 23.2 Å². The summed E-state index contributed by atoms with van der Waals surface area (Å²) in [7, 11) is 0. The Morgan fingerprint density at radius 2 is 1.84 bits per heavy atom. The topological polar surface area (TPSA) is 49.4 Å². The first-order valence-corrected chi connectivity index (χ1v) is 6.70. The predicted molar refractivity (Wildman–Crippen MR) is 75.0 cm³/mol. The maximum Gasteiger partial charge on any atom is 0.252 e. The lowest BCUT2D eigenvalue weighted by Crippen LogP contribution is -2.35. The van der Waals surface area contributed by atoms with Gasteiger partial charge in [0.1, 0.15) is 6.04 Å². The molecule has 0 spiro atoms. The predicted octanol–water partition coefficient (Wildman–Crippen LogP) is 2.25. The molecule has 2 rings (SSSR count). The minimum Gasteiger partial charge on any atom is -0.373 e. The van der Waals surface area contributed by atoms with Crippen LogP contribution in [0.15, 0.2) is 18.2 Å². The van der Waals surface area contributed by atoms with Gasteiger partial charge in [0.15, 0.2) is 0 Å². The summed E-state index contributed by atoms with van der Waals surface area (Å²) in [5.41, 5.74) is 3.19. The van der Waals surface area contributed by atoms with Crippen molar-refractivity contribution in [3.05, 3.63) is 29.3 Å². The number of anilines is 1. The third kappa shape index (κ3) is 2.95. The van der Waals surface area contributed by atoms with Crippen LogP contribution in [-0.4, -0.2) is 29.3 Å². The van der Waals surface area contributed by atoms with E-state index in [2.05, 4.69) is 11.4 Å². The van der Waals surface area contributed by atoms with E-state index in [1.165, 1.54) is 4.90 Å². The Hall–Kier alpha value is -1.84. The maximum atomic E-state index is 12.1. The summed E-state index contributed by atoms with van der Waals surface area (Å²) in [4.78, 5) is 25.3. The van der Waals surface area contributed by atoms with Crippen molar-refractivity contribution in [2.45, 2.75) is 39.7 Å². The van der Waals surface area contributed by atoms with Gasteiger partial charge in [-0.3, -0.25) is 14.5 Å². The summed E-state index contributed by atoms with van der Waals surface area (Å²) >= 11 is 0. The zero-order valence-corrected chi connectivity index (χ0v) is 11.7. The van der Waals surface area contributed by atoms with E-state index >= 15 is 0 Å². The number of hydrogen-bond donors (Lipinski definition) is 1. The second-order valence-corrected chi connectivity index (χ2v) is 5.16. The molecule has 1 atom stereocenters. The summed E-state index contributed by atoms with van der Waals surface area (Å²) in [5, 5.41) is 3.18. The van der Waals surface area contributed by atoms with Crippen molar-refractivity contribution >= 4 is 17.5 Å². The zero-order chi connectivity index (χ0) is 14.0. The van der Waals surface area contributed by atoms with Gasteiger partial charge in [-0.25, -0.2) is 0 Å². The smallest absolute Gasteiger partial charge is 0.252 e. The van der Waals surface area contributed by atoms with Crippen LogP contribution in [0.25, 0.3) is 0 Å². The van der Waals surface area contributed by atoms with Gasteiger partial charge < -0.3 is 5.32 Å². The average molecular weight is 260 g/mol. The van der Waals surface area contributed by atoms with Gasteiger partial charge in [-0.1, -0.05) is 13.0 Å². The van der Waals surface area contributed by atoms with E-state index in [9.17, 15) is 9.59 Å². The fourth-order valence-electron chi connectivity index (χ4n) is 2.51. The van der Waals surface area contributed by atoms with Crippen LogP contribution in [0.5, 0.6) is 0 Å². The molecule has 0 saturated carbocycles. The molecule has 1 aliphatic rings. The molecule has 0 aliphatic carbocycles. The summed E-state index contributed by atoms with van der Waals surface area (Å²) in [6, 6.07) is 5.65. The second kappa shape index (κ2) is 5.43. The molecular formula is C15H20N2O2. The third-order valence-corrected chi connectivity index (χ3v) is 3.25. The van der Waals surface area contributed by atoms with E-state index in [1.807, 2.05) is 32.9 Å². The first-order chi connectivity index (χ1) is 9.01. The van der Waals surface area contributed by atoms with Gasteiger partial charge in [0.2, 0.25) is 5.91 Å². The Bertz CT molecular complexity index is 491. The van der Waals surface area contributed by atoms with Gasteiger partial charge in [0.05, 0.1) is 6.42 Å². The van der Waals surface area contributed by atoms with E-state index < -0.39 is 6.04 Å². The van der Waals surface area contributed by atoms with E-state index in [0.29, 0.717) is 6.54 Å². The number of carbonyl (C=O) groups excluding carboxylic acids is 2. The summed E-state index contributed by atoms with van der Waals surface area (Å²) < 4.78 is 0. The second-order valence-electron chi connectivity index (χ2n) is 5.16. The molecule has 2 amide bonds. The molecule has 1 unspecified atom stereocenters. The number of aryl methyl sites for hydroxylation is 2. The number of nitrogens with one attached hydrogen (secondary N) is 1. The van der Waals surface area contributed by atoms with E-state index in [1.54, 1.807) is 0 Å². The van der Waals surface area contributed by atoms with Crippen LogP contribution in [0.3, 0.4) is 0 Å². The molecule has 1 saturated heterocycles. The van der Waals surface area contributed by atoms with Crippen LogP contribution in [-0.2, 0) is 9.59 Å². The number of imide groups is 1. The minimum absolute atomic E-state index is 0.0753. The quantitative estimate of drug-likeness (QED) is 0.845. The van der Waals surface area contributed by atoms with Crippen molar-refractivity contribution in [2.75, 3.05) is 11.9 Å². The first-order valence-electron chi connectivity index (χ1n) is 6.70. The Balaban J connectivity index is 2.12. The highest BCUT2D eigenvalue weighted by molar-refractivity contribution is 6.06. The number of likely N-dealkylation sites (tertiary alicyclic amines) is 1. The Kier molecular flexibility index (Phi) is 3.88. The van der Waals surface area contributed by atoms with Crippen LogP contribution in [0.1, 0.15) is 30.9 Å². The lowest BCUT2D eigenvalue weighted by molar-refractivity contribution is -0.138. The number of benzene rings is 1. The average Bonchev–Trinajstić information content (AvgIpc) is 2.56. The fourth-order valence-corrected chi connectivity index (χ4v) is 2.51. The monoisotopic (exact) mass is 260 g/mol. The Labute approximate surface area is 113 Å². The maximum absolute atomic E-state index is 12.1. The minimum atomic E-state index is -0.416. The largest absolute Gasteiger partial charge is 0.373 e. The van der Waals surface area contributed by atoms with Crippen LogP contribution in [0.2, 0.25) is 0 Å². The fraction of sp³-hybridized carbons (Fsp3) is 0.467. The normalized spacial score (nSPS) is 19.1. The van der Waals surface area contributed by atoms with Crippen LogP contribution in [0, 0.1) is 13.8 Å². The van der Waals surface area contributed by atoms with E-state index in [4.69, 9.17) is 0 Å². The van der Waals surface area contributed by atoms with Gasteiger partial charge in [0.25, 0.3) is 5.91 Å². The van der Waals surface area contributed by atoms with Gasteiger partial charge in [-0.15, -0.1) is 0 Å². The highest BCUT2D eigenvalue weighted by Gasteiger charge is 2.37. The van der Waals surface area contributed by atoms with Crippen LogP contribution < -0.4 is 5.32 Å². The molecule has 0 radical (unpaired) electrons. The lowest BCUT2D eigenvalue weighted by Gasteiger charge is -2.15. The molecule has 4 nitrogen and oxygen atoms in total.